The van der Waals surface area contributed by atoms with E-state index in [2.05, 4.69) is 5.32 Å². The SMILES string of the molecule is CCC(NCCCCN)(N1C(=O)c2ccc3ccccc3c2C1=O)N1C(=O)c2ccc3ccccc3c2C1=O. The third kappa shape index (κ3) is 3.52. The van der Waals surface area contributed by atoms with Crippen LogP contribution in [0.3, 0.4) is 0 Å². The van der Waals surface area contributed by atoms with Crippen molar-refractivity contribution in [2.75, 3.05) is 13.1 Å². The fourth-order valence-electron chi connectivity index (χ4n) is 5.94. The van der Waals surface area contributed by atoms with Crippen LogP contribution in [0.4, 0.5) is 0 Å². The van der Waals surface area contributed by atoms with Gasteiger partial charge in [0.2, 0.25) is 0 Å². The molecule has 0 bridgehead atoms. The highest BCUT2D eigenvalue weighted by molar-refractivity contribution is 6.29. The van der Waals surface area contributed by atoms with Crippen LogP contribution in [0.2, 0.25) is 0 Å². The Balaban J connectivity index is 1.52. The molecular formula is C31H28N4O4. The first kappa shape index (κ1) is 24.9. The Kier molecular flexibility index (Phi) is 6.01. The van der Waals surface area contributed by atoms with Crippen molar-refractivity contribution in [1.82, 2.24) is 15.1 Å². The molecular weight excluding hydrogens is 492 g/mol. The number of unbranched alkanes of at least 4 members (excludes halogenated alkanes) is 1. The lowest BCUT2D eigenvalue weighted by Gasteiger charge is -2.45. The number of benzene rings is 4. The maximum absolute atomic E-state index is 14.2. The fraction of sp³-hybridized carbons (Fsp3) is 0.226. The number of carbonyl (C=O) groups excluding carboxylic acids is 4. The van der Waals surface area contributed by atoms with Crippen molar-refractivity contribution < 1.29 is 19.2 Å². The van der Waals surface area contributed by atoms with Crippen molar-refractivity contribution in [3.8, 4) is 0 Å². The summed E-state index contributed by atoms with van der Waals surface area (Å²) in [5.41, 5.74) is 6.76. The van der Waals surface area contributed by atoms with Crippen molar-refractivity contribution in [1.29, 1.82) is 0 Å². The molecule has 2 aliphatic rings. The topological polar surface area (TPSA) is 113 Å². The zero-order valence-electron chi connectivity index (χ0n) is 21.6. The molecule has 0 spiro atoms. The summed E-state index contributed by atoms with van der Waals surface area (Å²) >= 11 is 0. The first-order chi connectivity index (χ1) is 18.9. The molecule has 0 aliphatic carbocycles. The number of hydrogen-bond donors (Lipinski definition) is 2. The van der Waals surface area contributed by atoms with Crippen molar-refractivity contribution in [2.45, 2.75) is 32.0 Å². The number of hydrogen-bond acceptors (Lipinski definition) is 6. The third-order valence-corrected chi connectivity index (χ3v) is 7.83. The van der Waals surface area contributed by atoms with E-state index in [1.54, 1.807) is 43.3 Å². The van der Waals surface area contributed by atoms with E-state index in [1.165, 1.54) is 0 Å². The first-order valence-electron chi connectivity index (χ1n) is 13.2. The average molecular weight is 521 g/mol. The number of nitrogens with one attached hydrogen (secondary N) is 1. The lowest BCUT2D eigenvalue weighted by molar-refractivity contribution is -0.0273. The predicted molar refractivity (Wildman–Crippen MR) is 148 cm³/mol. The minimum atomic E-state index is -1.71. The Bertz CT molecular complexity index is 1580. The summed E-state index contributed by atoms with van der Waals surface area (Å²) in [5, 5.41) is 6.25. The second kappa shape index (κ2) is 9.41. The Morgan fingerprint density at radius 3 is 1.62 bits per heavy atom. The fourth-order valence-corrected chi connectivity index (χ4v) is 5.94. The highest BCUT2D eigenvalue weighted by Gasteiger charge is 2.58. The maximum atomic E-state index is 14.2. The van der Waals surface area contributed by atoms with Gasteiger partial charge in [-0.2, -0.15) is 0 Å². The molecule has 0 atom stereocenters. The number of imide groups is 2. The van der Waals surface area contributed by atoms with Gasteiger partial charge >= 0.3 is 0 Å². The lowest BCUT2D eigenvalue weighted by atomic mass is 10.0. The summed E-state index contributed by atoms with van der Waals surface area (Å²) in [6, 6.07) is 21.6. The van der Waals surface area contributed by atoms with E-state index in [0.29, 0.717) is 36.7 Å². The van der Waals surface area contributed by atoms with Crippen LogP contribution in [-0.4, -0.2) is 52.3 Å². The molecule has 0 fully saturated rings. The van der Waals surface area contributed by atoms with Gasteiger partial charge in [0, 0.05) is 6.42 Å². The number of carbonyl (C=O) groups is 4. The number of nitrogens with two attached hydrogens (primary N) is 1. The monoisotopic (exact) mass is 520 g/mol. The lowest BCUT2D eigenvalue weighted by Crippen LogP contribution is -2.71. The van der Waals surface area contributed by atoms with Crippen molar-refractivity contribution in [2.24, 2.45) is 5.73 Å². The second-order valence-corrected chi connectivity index (χ2v) is 9.90. The van der Waals surface area contributed by atoms with E-state index >= 15 is 0 Å². The molecule has 3 N–H and O–H groups in total. The number of fused-ring (bicyclic) bond motifs is 6. The van der Waals surface area contributed by atoms with E-state index in [0.717, 1.165) is 20.6 Å². The summed E-state index contributed by atoms with van der Waals surface area (Å²) in [6.07, 6.45) is 1.44. The summed E-state index contributed by atoms with van der Waals surface area (Å²) in [7, 11) is 0. The summed E-state index contributed by atoms with van der Waals surface area (Å²) in [4.78, 5) is 58.5. The van der Waals surface area contributed by atoms with Crippen molar-refractivity contribution >= 4 is 45.2 Å². The maximum Gasteiger partial charge on any atom is 0.265 e. The van der Waals surface area contributed by atoms with Gasteiger partial charge in [0.25, 0.3) is 23.6 Å². The Hall–Kier alpha value is -4.40. The van der Waals surface area contributed by atoms with E-state index in [1.807, 2.05) is 36.4 Å². The van der Waals surface area contributed by atoms with Crippen LogP contribution in [0.25, 0.3) is 21.5 Å². The molecule has 0 saturated carbocycles. The smallest absolute Gasteiger partial charge is 0.265 e. The normalized spacial score (nSPS) is 15.1. The predicted octanol–water partition coefficient (Wildman–Crippen LogP) is 4.28. The molecule has 0 unspecified atom stereocenters. The highest BCUT2D eigenvalue weighted by Crippen LogP contribution is 2.40. The average Bonchev–Trinajstić information content (AvgIpc) is 3.38. The van der Waals surface area contributed by atoms with Gasteiger partial charge in [0.1, 0.15) is 0 Å². The molecule has 4 aromatic rings. The standard InChI is InChI=1S/C31H28N4O4/c1-2-31(33-18-8-7-17-32,34-27(36)23-15-13-19-9-3-5-11-21(19)25(23)29(34)38)35-28(37)24-16-14-20-10-4-6-12-22(20)26(24)30(35)39/h3-6,9-16,33H,2,7-8,17-18,32H2,1H3. The Morgan fingerprint density at radius 1 is 0.667 bits per heavy atom. The molecule has 2 aliphatic heterocycles. The molecule has 0 saturated heterocycles. The summed E-state index contributed by atoms with van der Waals surface area (Å²) < 4.78 is 0. The van der Waals surface area contributed by atoms with Gasteiger partial charge in [-0.1, -0.05) is 67.6 Å². The van der Waals surface area contributed by atoms with Crippen LogP contribution in [0.5, 0.6) is 0 Å². The zero-order valence-corrected chi connectivity index (χ0v) is 21.6. The van der Waals surface area contributed by atoms with Gasteiger partial charge < -0.3 is 5.73 Å². The Labute approximate surface area is 225 Å². The van der Waals surface area contributed by atoms with Gasteiger partial charge in [-0.05, 0) is 59.6 Å². The van der Waals surface area contributed by atoms with Crippen LogP contribution in [0.15, 0.2) is 72.8 Å². The quantitative estimate of drug-likeness (QED) is 0.265. The van der Waals surface area contributed by atoms with Gasteiger partial charge in [0.05, 0.1) is 22.3 Å². The minimum Gasteiger partial charge on any atom is -0.330 e. The molecule has 39 heavy (non-hydrogen) atoms. The molecule has 6 rings (SSSR count). The van der Waals surface area contributed by atoms with E-state index in [4.69, 9.17) is 5.73 Å². The first-order valence-corrected chi connectivity index (χ1v) is 13.2. The van der Waals surface area contributed by atoms with Crippen LogP contribution in [0, 0.1) is 0 Å². The van der Waals surface area contributed by atoms with E-state index < -0.39 is 29.4 Å². The number of amides is 4. The molecule has 8 heteroatoms. The molecule has 2 heterocycles. The van der Waals surface area contributed by atoms with Gasteiger partial charge in [-0.15, -0.1) is 0 Å². The molecule has 0 radical (unpaired) electrons. The van der Waals surface area contributed by atoms with Crippen LogP contribution >= 0.6 is 0 Å². The summed E-state index contributed by atoms with van der Waals surface area (Å²) in [6.45, 7) is 2.57. The summed E-state index contributed by atoms with van der Waals surface area (Å²) in [5.74, 6) is -3.88. The van der Waals surface area contributed by atoms with Crippen molar-refractivity contribution in [3.05, 3.63) is 95.1 Å². The second-order valence-electron chi connectivity index (χ2n) is 9.90. The Morgan fingerprint density at radius 2 is 1.15 bits per heavy atom. The largest absolute Gasteiger partial charge is 0.330 e. The van der Waals surface area contributed by atoms with E-state index in [9.17, 15) is 19.2 Å². The van der Waals surface area contributed by atoms with E-state index in [-0.39, 0.29) is 28.7 Å². The third-order valence-electron chi connectivity index (χ3n) is 7.83. The van der Waals surface area contributed by atoms with Crippen LogP contribution < -0.4 is 11.1 Å². The van der Waals surface area contributed by atoms with Gasteiger partial charge in [0.15, 0.2) is 5.79 Å². The minimum absolute atomic E-state index is 0.0996. The van der Waals surface area contributed by atoms with Crippen molar-refractivity contribution in [3.63, 3.8) is 0 Å². The van der Waals surface area contributed by atoms with Gasteiger partial charge in [-0.25, -0.2) is 9.80 Å². The number of nitrogens with zero attached hydrogens (tertiary/aromatic N) is 2. The van der Waals surface area contributed by atoms with Gasteiger partial charge in [-0.3, -0.25) is 24.5 Å². The zero-order chi connectivity index (χ0) is 27.3. The van der Waals surface area contributed by atoms with Crippen LogP contribution in [-0.2, 0) is 0 Å². The molecule has 4 aromatic carbocycles. The molecule has 8 nitrogen and oxygen atoms in total. The molecule has 0 aromatic heterocycles. The number of rotatable bonds is 8. The molecule has 196 valence electrons. The van der Waals surface area contributed by atoms with Crippen LogP contribution in [0.1, 0.15) is 67.6 Å². The molecule has 4 amide bonds. The highest BCUT2D eigenvalue weighted by atomic mass is 16.2.